The van der Waals surface area contributed by atoms with E-state index in [-0.39, 0.29) is 0 Å². The lowest BCUT2D eigenvalue weighted by molar-refractivity contribution is 0.324. The largest absolute Gasteiger partial charge is 0.493 e. The van der Waals surface area contributed by atoms with E-state index >= 15 is 0 Å². The number of benzene rings is 1. The molecular formula is C23H25N5O3S. The van der Waals surface area contributed by atoms with E-state index in [0.29, 0.717) is 17.2 Å². The molecule has 0 N–H and O–H groups in total. The van der Waals surface area contributed by atoms with E-state index in [1.807, 2.05) is 36.8 Å². The molecule has 0 spiro atoms. The van der Waals surface area contributed by atoms with E-state index in [2.05, 4.69) is 24.5 Å². The van der Waals surface area contributed by atoms with Crippen molar-refractivity contribution < 1.29 is 14.2 Å². The molecular weight excluding hydrogens is 426 g/mol. The van der Waals surface area contributed by atoms with Crippen molar-refractivity contribution in [1.82, 2.24) is 19.1 Å². The van der Waals surface area contributed by atoms with Crippen LogP contribution < -0.4 is 19.0 Å². The Morgan fingerprint density at radius 1 is 1.00 bits per heavy atom. The second-order valence-electron chi connectivity index (χ2n) is 6.95. The summed E-state index contributed by atoms with van der Waals surface area (Å²) >= 11 is 1.59. The summed E-state index contributed by atoms with van der Waals surface area (Å²) in [6.45, 7) is 1.65. The highest BCUT2D eigenvalue weighted by atomic mass is 32.1. The zero-order chi connectivity index (χ0) is 22.3. The average molecular weight is 452 g/mol. The number of pyridine rings is 1. The fourth-order valence-electron chi connectivity index (χ4n) is 3.46. The fourth-order valence-corrected chi connectivity index (χ4v) is 4.41. The quantitative estimate of drug-likeness (QED) is 0.382. The third kappa shape index (κ3) is 4.67. The number of ether oxygens (including phenoxy) is 3. The van der Waals surface area contributed by atoms with Crippen LogP contribution in [0, 0.1) is 0 Å². The van der Waals surface area contributed by atoms with E-state index in [1.165, 1.54) is 0 Å². The number of aryl methyl sites for hydroxylation is 1. The number of thiazole rings is 1. The summed E-state index contributed by atoms with van der Waals surface area (Å²) in [5.41, 5.74) is 2.81. The molecule has 9 heteroatoms. The summed E-state index contributed by atoms with van der Waals surface area (Å²) in [5.74, 6) is 1.80. The zero-order valence-electron chi connectivity index (χ0n) is 18.3. The summed E-state index contributed by atoms with van der Waals surface area (Å²) in [7, 11) is 4.85. The predicted octanol–water partition coefficient (Wildman–Crippen LogP) is 4.16. The van der Waals surface area contributed by atoms with Crippen LogP contribution in [0.15, 0.2) is 65.8 Å². The van der Waals surface area contributed by atoms with E-state index in [4.69, 9.17) is 19.2 Å². The Morgan fingerprint density at radius 3 is 2.44 bits per heavy atom. The first-order valence-corrected chi connectivity index (χ1v) is 11.0. The van der Waals surface area contributed by atoms with Crippen molar-refractivity contribution in [2.75, 3.05) is 21.3 Å². The van der Waals surface area contributed by atoms with Gasteiger partial charge in [-0.2, -0.15) is 0 Å². The molecule has 0 aliphatic carbocycles. The number of hydrogen-bond acceptors (Lipinski definition) is 7. The summed E-state index contributed by atoms with van der Waals surface area (Å²) in [5, 5.41) is 2.10. The van der Waals surface area contributed by atoms with Gasteiger partial charge >= 0.3 is 0 Å². The van der Waals surface area contributed by atoms with Crippen molar-refractivity contribution in [2.45, 2.75) is 19.5 Å². The minimum Gasteiger partial charge on any atom is -0.493 e. The van der Waals surface area contributed by atoms with E-state index in [0.717, 1.165) is 41.3 Å². The van der Waals surface area contributed by atoms with Gasteiger partial charge in [0.1, 0.15) is 0 Å². The first kappa shape index (κ1) is 21.6. The number of aromatic nitrogens is 4. The molecule has 0 amide bonds. The number of methoxy groups -OCH3 is 3. The lowest BCUT2D eigenvalue weighted by atomic mass is 10.1. The number of imidazole rings is 1. The Morgan fingerprint density at radius 2 is 1.81 bits per heavy atom. The van der Waals surface area contributed by atoms with Crippen LogP contribution in [0.2, 0.25) is 0 Å². The van der Waals surface area contributed by atoms with Crippen LogP contribution in [0.25, 0.3) is 11.3 Å². The van der Waals surface area contributed by atoms with Crippen LogP contribution >= 0.6 is 11.3 Å². The molecule has 166 valence electrons. The van der Waals surface area contributed by atoms with Crippen LogP contribution in [0.4, 0.5) is 5.69 Å². The topological polar surface area (TPSA) is 75.7 Å². The molecule has 4 aromatic rings. The highest BCUT2D eigenvalue weighted by Gasteiger charge is 2.17. The van der Waals surface area contributed by atoms with Crippen LogP contribution in [-0.2, 0) is 13.1 Å². The average Bonchev–Trinajstić information content (AvgIpc) is 3.49. The minimum atomic E-state index is 0.570. The SMILES string of the molecule is COc1cc(-c2csc(=Nc3cccnc3)n2CCCn2ccnc2)cc(OC)c1OC. The Hall–Kier alpha value is -3.59. The molecule has 0 bridgehead atoms. The first-order chi connectivity index (χ1) is 15.7. The molecule has 0 aliphatic rings. The molecule has 0 aliphatic heterocycles. The number of hydrogen-bond donors (Lipinski definition) is 0. The fraction of sp³-hybridized carbons (Fsp3) is 0.261. The van der Waals surface area contributed by atoms with Crippen molar-refractivity contribution in [3.05, 3.63) is 65.6 Å². The maximum Gasteiger partial charge on any atom is 0.203 e. The Balaban J connectivity index is 1.77. The second-order valence-corrected chi connectivity index (χ2v) is 7.78. The summed E-state index contributed by atoms with van der Waals surface area (Å²) in [4.78, 5) is 14.0. The van der Waals surface area contributed by atoms with Crippen LogP contribution in [0.1, 0.15) is 6.42 Å². The van der Waals surface area contributed by atoms with Gasteiger partial charge < -0.3 is 23.3 Å². The lowest BCUT2D eigenvalue weighted by Crippen LogP contribution is -2.17. The lowest BCUT2D eigenvalue weighted by Gasteiger charge is -2.15. The number of nitrogens with zero attached hydrogens (tertiary/aromatic N) is 5. The summed E-state index contributed by atoms with van der Waals surface area (Å²) in [6.07, 6.45) is 10.0. The molecule has 1 aromatic carbocycles. The van der Waals surface area contributed by atoms with Gasteiger partial charge in [0.2, 0.25) is 5.75 Å². The minimum absolute atomic E-state index is 0.570. The van der Waals surface area contributed by atoms with E-state index in [9.17, 15) is 0 Å². The smallest absolute Gasteiger partial charge is 0.203 e. The maximum atomic E-state index is 5.56. The third-order valence-corrected chi connectivity index (χ3v) is 5.85. The van der Waals surface area contributed by atoms with Gasteiger partial charge in [0.15, 0.2) is 16.3 Å². The molecule has 0 atom stereocenters. The van der Waals surface area contributed by atoms with Crippen molar-refractivity contribution >= 4 is 17.0 Å². The molecule has 0 fully saturated rings. The summed E-state index contributed by atoms with van der Waals surface area (Å²) in [6, 6.07) is 7.75. The molecule has 0 saturated carbocycles. The highest BCUT2D eigenvalue weighted by molar-refractivity contribution is 7.07. The first-order valence-electron chi connectivity index (χ1n) is 10.1. The summed E-state index contributed by atoms with van der Waals surface area (Å²) < 4.78 is 20.9. The second kappa shape index (κ2) is 10.1. The molecule has 4 rings (SSSR count). The molecule has 3 heterocycles. The van der Waals surface area contributed by atoms with Crippen molar-refractivity contribution in [3.8, 4) is 28.5 Å². The Kier molecular flexibility index (Phi) is 6.86. The standard InChI is InChI=1S/C23H25N5O3S/c1-29-20-12-17(13-21(30-2)22(20)31-3)19-15-32-23(26-18-6-4-7-24-14-18)28(19)10-5-9-27-11-8-25-16-27/h4,6-8,11-16H,5,9-10H2,1-3H3. The Labute approximate surface area is 190 Å². The predicted molar refractivity (Wildman–Crippen MR) is 124 cm³/mol. The van der Waals surface area contributed by atoms with Crippen molar-refractivity contribution in [1.29, 1.82) is 0 Å². The third-order valence-electron chi connectivity index (χ3n) is 4.99. The molecule has 32 heavy (non-hydrogen) atoms. The van der Waals surface area contributed by atoms with Crippen molar-refractivity contribution in [2.24, 2.45) is 4.99 Å². The van der Waals surface area contributed by atoms with Crippen molar-refractivity contribution in [3.63, 3.8) is 0 Å². The van der Waals surface area contributed by atoms with Gasteiger partial charge in [0, 0.05) is 42.6 Å². The molecule has 0 saturated heterocycles. The zero-order valence-corrected chi connectivity index (χ0v) is 19.1. The normalized spacial score (nSPS) is 11.5. The van der Waals surface area contributed by atoms with Gasteiger partial charge in [-0.15, -0.1) is 11.3 Å². The highest BCUT2D eigenvalue weighted by Crippen LogP contribution is 2.41. The molecule has 3 aromatic heterocycles. The van der Waals surface area contributed by atoms with Crippen LogP contribution in [0.5, 0.6) is 17.2 Å². The van der Waals surface area contributed by atoms with Gasteiger partial charge in [0.05, 0.1) is 45.2 Å². The van der Waals surface area contributed by atoms with Gasteiger partial charge in [-0.25, -0.2) is 9.98 Å². The van der Waals surface area contributed by atoms with Gasteiger partial charge in [-0.1, -0.05) is 0 Å². The van der Waals surface area contributed by atoms with Crippen LogP contribution in [-0.4, -0.2) is 40.4 Å². The maximum absolute atomic E-state index is 5.56. The van der Waals surface area contributed by atoms with E-state index < -0.39 is 0 Å². The monoisotopic (exact) mass is 451 g/mol. The van der Waals surface area contributed by atoms with Gasteiger partial charge in [-0.05, 0) is 30.7 Å². The molecule has 8 nitrogen and oxygen atoms in total. The molecule has 0 radical (unpaired) electrons. The number of rotatable bonds is 9. The van der Waals surface area contributed by atoms with Gasteiger partial charge in [0.25, 0.3) is 0 Å². The molecule has 0 unspecified atom stereocenters. The van der Waals surface area contributed by atoms with E-state index in [1.54, 1.807) is 51.3 Å². The Bertz CT molecular complexity index is 1190. The van der Waals surface area contributed by atoms with Crippen LogP contribution in [0.3, 0.4) is 0 Å². The van der Waals surface area contributed by atoms with Gasteiger partial charge in [-0.3, -0.25) is 4.98 Å².